The first-order valence-electron chi connectivity index (χ1n) is 6.30. The third-order valence-electron chi connectivity index (χ3n) is 3.35. The molecule has 0 aromatic heterocycles. The maximum atomic E-state index is 12.2. The van der Waals surface area contributed by atoms with Crippen LogP contribution in [0.3, 0.4) is 0 Å². The second-order valence-electron chi connectivity index (χ2n) is 4.81. The van der Waals surface area contributed by atoms with Crippen LogP contribution in [0.25, 0.3) is 0 Å². The number of amides is 1. The molecule has 1 fully saturated rings. The number of rotatable bonds is 3. The van der Waals surface area contributed by atoms with Gasteiger partial charge in [-0.1, -0.05) is 6.07 Å². The van der Waals surface area contributed by atoms with Crippen molar-refractivity contribution in [3.8, 4) is 0 Å². The average molecular weight is 265 g/mol. The summed E-state index contributed by atoms with van der Waals surface area (Å²) in [4.78, 5) is 13.0. The summed E-state index contributed by atoms with van der Waals surface area (Å²) in [5.74, 6) is -0.0496. The first kappa shape index (κ1) is 13.4. The van der Waals surface area contributed by atoms with E-state index in [0.29, 0.717) is 5.56 Å². The van der Waals surface area contributed by atoms with Gasteiger partial charge in [-0.3, -0.25) is 4.79 Å². The Bertz CT molecular complexity index is 441. The van der Waals surface area contributed by atoms with Crippen LogP contribution in [0.1, 0.15) is 35.7 Å². The van der Waals surface area contributed by atoms with Gasteiger partial charge in [0.1, 0.15) is 0 Å². The number of nitrogens with one attached hydrogen (secondary N) is 1. The second-order valence-corrected chi connectivity index (χ2v) is 5.33. The lowest BCUT2D eigenvalue weighted by Gasteiger charge is -2.20. The maximum Gasteiger partial charge on any atom is 0.251 e. The minimum Gasteiger partial charge on any atom is -0.376 e. The van der Waals surface area contributed by atoms with E-state index in [0.717, 1.165) is 29.9 Å². The Labute approximate surface area is 113 Å². The van der Waals surface area contributed by atoms with Gasteiger partial charge in [0.15, 0.2) is 0 Å². The molecule has 0 spiro atoms. The first-order chi connectivity index (χ1) is 8.58. The van der Waals surface area contributed by atoms with Crippen LogP contribution in [0, 0.1) is 6.92 Å². The van der Waals surface area contributed by atoms with Gasteiger partial charge in [-0.25, -0.2) is 0 Å². The molecule has 1 amide bonds. The average Bonchev–Trinajstić information content (AvgIpc) is 2.85. The standard InChI is InChI=1S/C14H19NO2S/c1-9-5-6-11(18)8-12(9)14(16)15-10(2)13-4-3-7-17-13/h5-6,8,10,13,18H,3-4,7H2,1-2H3,(H,15,16). The molecule has 2 unspecified atom stereocenters. The SMILES string of the molecule is Cc1ccc(S)cc1C(=O)NC(C)C1CCCO1. The number of carbonyl (C=O) groups excluding carboxylic acids is 1. The molecule has 4 heteroatoms. The van der Waals surface area contributed by atoms with Crippen molar-refractivity contribution < 1.29 is 9.53 Å². The lowest BCUT2D eigenvalue weighted by molar-refractivity contribution is 0.0712. The number of hydrogen-bond donors (Lipinski definition) is 2. The van der Waals surface area contributed by atoms with E-state index in [1.165, 1.54) is 0 Å². The highest BCUT2D eigenvalue weighted by molar-refractivity contribution is 7.80. The van der Waals surface area contributed by atoms with Crippen molar-refractivity contribution in [3.05, 3.63) is 29.3 Å². The summed E-state index contributed by atoms with van der Waals surface area (Å²) in [5, 5.41) is 3.01. The van der Waals surface area contributed by atoms with E-state index in [1.54, 1.807) is 6.07 Å². The maximum absolute atomic E-state index is 12.2. The number of aryl methyl sites for hydroxylation is 1. The van der Waals surface area contributed by atoms with Crippen molar-refractivity contribution >= 4 is 18.5 Å². The van der Waals surface area contributed by atoms with Gasteiger partial charge >= 0.3 is 0 Å². The van der Waals surface area contributed by atoms with Crippen molar-refractivity contribution in [2.24, 2.45) is 0 Å². The minimum absolute atomic E-state index is 0.0444. The van der Waals surface area contributed by atoms with E-state index < -0.39 is 0 Å². The zero-order valence-corrected chi connectivity index (χ0v) is 11.7. The summed E-state index contributed by atoms with van der Waals surface area (Å²) in [5.41, 5.74) is 1.65. The molecule has 1 aliphatic heterocycles. The molecule has 2 rings (SSSR count). The minimum atomic E-state index is -0.0496. The third-order valence-corrected chi connectivity index (χ3v) is 3.63. The van der Waals surface area contributed by atoms with Crippen molar-refractivity contribution in [3.63, 3.8) is 0 Å². The Balaban J connectivity index is 2.04. The van der Waals surface area contributed by atoms with Crippen molar-refractivity contribution in [2.75, 3.05) is 6.61 Å². The molecule has 2 atom stereocenters. The predicted molar refractivity (Wildman–Crippen MR) is 74.3 cm³/mol. The van der Waals surface area contributed by atoms with Gasteiger partial charge in [0.2, 0.25) is 0 Å². The van der Waals surface area contributed by atoms with Crippen LogP contribution in [0.15, 0.2) is 23.1 Å². The zero-order chi connectivity index (χ0) is 13.1. The Morgan fingerprint density at radius 3 is 3.00 bits per heavy atom. The molecule has 98 valence electrons. The van der Waals surface area contributed by atoms with E-state index >= 15 is 0 Å². The molecule has 3 nitrogen and oxygen atoms in total. The molecule has 0 radical (unpaired) electrons. The summed E-state index contributed by atoms with van der Waals surface area (Å²) in [6.45, 7) is 4.72. The largest absolute Gasteiger partial charge is 0.376 e. The van der Waals surface area contributed by atoms with Gasteiger partial charge < -0.3 is 10.1 Å². The summed E-state index contributed by atoms with van der Waals surface area (Å²) >= 11 is 4.27. The number of thiol groups is 1. The van der Waals surface area contributed by atoms with Gasteiger partial charge in [-0.2, -0.15) is 0 Å². The molecule has 1 aromatic rings. The number of ether oxygens (including phenoxy) is 1. The van der Waals surface area contributed by atoms with E-state index in [4.69, 9.17) is 4.74 Å². The first-order valence-corrected chi connectivity index (χ1v) is 6.74. The highest BCUT2D eigenvalue weighted by Crippen LogP contribution is 2.17. The predicted octanol–water partition coefficient (Wildman–Crippen LogP) is 2.58. The molecular formula is C14H19NO2S. The van der Waals surface area contributed by atoms with Crippen LogP contribution in [-0.4, -0.2) is 24.7 Å². The van der Waals surface area contributed by atoms with Crippen LogP contribution < -0.4 is 5.32 Å². The van der Waals surface area contributed by atoms with Gasteiger partial charge in [-0.15, -0.1) is 12.6 Å². The molecular weight excluding hydrogens is 246 g/mol. The van der Waals surface area contributed by atoms with Gasteiger partial charge in [0.25, 0.3) is 5.91 Å². The summed E-state index contributed by atoms with van der Waals surface area (Å²) in [7, 11) is 0. The normalized spacial score (nSPS) is 20.7. The lowest BCUT2D eigenvalue weighted by atomic mass is 10.1. The molecule has 0 bridgehead atoms. The van der Waals surface area contributed by atoms with Gasteiger partial charge in [0, 0.05) is 17.1 Å². The van der Waals surface area contributed by atoms with Gasteiger partial charge in [-0.05, 0) is 44.4 Å². The smallest absolute Gasteiger partial charge is 0.251 e. The topological polar surface area (TPSA) is 38.3 Å². The number of benzene rings is 1. The summed E-state index contributed by atoms with van der Waals surface area (Å²) < 4.78 is 5.58. The van der Waals surface area contributed by atoms with Crippen LogP contribution in [0.4, 0.5) is 0 Å². The summed E-state index contributed by atoms with van der Waals surface area (Å²) in [6.07, 6.45) is 2.25. The second kappa shape index (κ2) is 5.76. The van der Waals surface area contributed by atoms with Crippen LogP contribution in [-0.2, 0) is 4.74 Å². The highest BCUT2D eigenvalue weighted by atomic mass is 32.1. The number of hydrogen-bond acceptors (Lipinski definition) is 3. The Morgan fingerprint density at radius 2 is 2.33 bits per heavy atom. The Kier molecular flexibility index (Phi) is 4.30. The molecule has 0 saturated carbocycles. The van der Waals surface area contributed by atoms with Gasteiger partial charge in [0.05, 0.1) is 12.1 Å². The quantitative estimate of drug-likeness (QED) is 0.824. The van der Waals surface area contributed by atoms with E-state index in [-0.39, 0.29) is 18.1 Å². The molecule has 1 N–H and O–H groups in total. The Morgan fingerprint density at radius 1 is 1.56 bits per heavy atom. The molecule has 0 aliphatic carbocycles. The van der Waals surface area contributed by atoms with E-state index in [1.807, 2.05) is 26.0 Å². The molecule has 1 aromatic carbocycles. The fourth-order valence-electron chi connectivity index (χ4n) is 2.23. The zero-order valence-electron chi connectivity index (χ0n) is 10.8. The molecule has 1 saturated heterocycles. The molecule has 1 heterocycles. The number of carbonyl (C=O) groups is 1. The fraction of sp³-hybridized carbons (Fsp3) is 0.500. The summed E-state index contributed by atoms with van der Waals surface area (Å²) in [6, 6.07) is 5.64. The van der Waals surface area contributed by atoms with Crippen molar-refractivity contribution in [2.45, 2.75) is 43.7 Å². The van der Waals surface area contributed by atoms with Crippen LogP contribution in [0.2, 0.25) is 0 Å². The third kappa shape index (κ3) is 3.06. The lowest BCUT2D eigenvalue weighted by Crippen LogP contribution is -2.41. The van der Waals surface area contributed by atoms with E-state index in [9.17, 15) is 4.79 Å². The fourth-order valence-corrected chi connectivity index (χ4v) is 2.43. The van der Waals surface area contributed by atoms with Crippen molar-refractivity contribution in [1.29, 1.82) is 0 Å². The Hall–Kier alpha value is -1.00. The van der Waals surface area contributed by atoms with Crippen LogP contribution in [0.5, 0.6) is 0 Å². The van der Waals surface area contributed by atoms with E-state index in [2.05, 4.69) is 17.9 Å². The molecule has 1 aliphatic rings. The highest BCUT2D eigenvalue weighted by Gasteiger charge is 2.24. The van der Waals surface area contributed by atoms with Crippen LogP contribution >= 0.6 is 12.6 Å². The monoisotopic (exact) mass is 265 g/mol. The molecule has 18 heavy (non-hydrogen) atoms. The van der Waals surface area contributed by atoms with Crippen molar-refractivity contribution in [1.82, 2.24) is 5.32 Å².